The summed E-state index contributed by atoms with van der Waals surface area (Å²) in [6, 6.07) is 17.5. The molecular weight excluding hydrogens is 837 g/mol. The van der Waals surface area contributed by atoms with E-state index in [0.29, 0.717) is 52.1 Å². The Balaban J connectivity index is 1.53. The molecule has 1 aliphatic carbocycles. The molecule has 5 rings (SSSR count). The van der Waals surface area contributed by atoms with E-state index >= 15 is 0 Å². The van der Waals surface area contributed by atoms with Crippen LogP contribution >= 0.6 is 0 Å². The summed E-state index contributed by atoms with van der Waals surface area (Å²) in [7, 11) is 3.34. The zero-order valence-electron chi connectivity index (χ0n) is 39.4. The monoisotopic (exact) mass is 909 g/mol. The summed E-state index contributed by atoms with van der Waals surface area (Å²) in [6.07, 6.45) is 0.0875. The summed E-state index contributed by atoms with van der Waals surface area (Å²) >= 11 is 0. The molecule has 10 atom stereocenters. The molecular formula is C48H72N6O9S. The van der Waals surface area contributed by atoms with E-state index in [9.17, 15) is 33.3 Å². The minimum absolute atomic E-state index is 0.0623. The number of para-hydroxylation sites is 1. The number of aliphatic hydroxyl groups excluding tert-OH is 3. The highest BCUT2D eigenvalue weighted by Gasteiger charge is 2.51. The molecule has 354 valence electrons. The lowest BCUT2D eigenvalue weighted by molar-refractivity contribution is -0.182. The number of rotatable bonds is 19. The zero-order valence-corrected chi connectivity index (χ0v) is 40.2. The van der Waals surface area contributed by atoms with E-state index < -0.39 is 58.8 Å². The molecule has 2 aliphatic rings. The first-order valence-electron chi connectivity index (χ1n) is 22.3. The number of hydrogen-bond acceptors (Lipinski definition) is 12. The predicted octanol–water partition coefficient (Wildman–Crippen LogP) is 4.04. The van der Waals surface area contributed by atoms with Crippen molar-refractivity contribution in [1.82, 2.24) is 25.3 Å². The van der Waals surface area contributed by atoms with Crippen LogP contribution in [0.1, 0.15) is 75.5 Å². The van der Waals surface area contributed by atoms with Gasteiger partial charge in [-0.15, -0.1) is 0 Å². The Bertz CT molecular complexity index is 2160. The van der Waals surface area contributed by atoms with Gasteiger partial charge in [-0.1, -0.05) is 83.1 Å². The average Bonchev–Trinajstić information content (AvgIpc) is 3.62. The highest BCUT2D eigenvalue weighted by Crippen LogP contribution is 2.48. The number of sulfonamides is 1. The lowest BCUT2D eigenvalue weighted by atomic mass is 9.58. The molecule has 1 heterocycles. The molecule has 1 saturated heterocycles. The molecule has 1 aliphatic heterocycles. The number of ether oxygens (including phenoxy) is 1. The van der Waals surface area contributed by atoms with Gasteiger partial charge in [0, 0.05) is 54.5 Å². The number of aliphatic hydroxyl groups is 3. The molecule has 0 aromatic heterocycles. The van der Waals surface area contributed by atoms with E-state index in [2.05, 4.69) is 50.0 Å². The van der Waals surface area contributed by atoms with Crippen molar-refractivity contribution >= 4 is 27.5 Å². The zero-order chi connectivity index (χ0) is 47.3. The molecule has 6 N–H and O–H groups in total. The lowest BCUT2D eigenvalue weighted by Crippen LogP contribution is -2.56. The van der Waals surface area contributed by atoms with Crippen molar-refractivity contribution in [3.05, 3.63) is 83.4 Å². The van der Waals surface area contributed by atoms with Gasteiger partial charge in [0.15, 0.2) is 0 Å². The number of benzene rings is 3. The van der Waals surface area contributed by atoms with Crippen molar-refractivity contribution in [2.24, 2.45) is 29.1 Å². The van der Waals surface area contributed by atoms with Crippen molar-refractivity contribution < 1.29 is 42.9 Å². The topological polar surface area (TPSA) is 193 Å². The third-order valence-electron chi connectivity index (χ3n) is 14.0. The molecule has 0 radical (unpaired) electrons. The highest BCUT2D eigenvalue weighted by molar-refractivity contribution is 7.88. The smallest absolute Gasteiger partial charge is 0.251 e. The van der Waals surface area contributed by atoms with Crippen molar-refractivity contribution in [1.29, 1.82) is 0 Å². The van der Waals surface area contributed by atoms with Crippen molar-refractivity contribution in [3.63, 3.8) is 0 Å². The van der Waals surface area contributed by atoms with Gasteiger partial charge < -0.3 is 40.5 Å². The summed E-state index contributed by atoms with van der Waals surface area (Å²) in [5, 5.41) is 39.4. The fraction of sp³-hybridized carbons (Fsp3) is 0.583. The minimum Gasteiger partial charge on any atom is -0.496 e. The predicted molar refractivity (Wildman–Crippen MR) is 250 cm³/mol. The first-order chi connectivity index (χ1) is 30.1. The molecule has 2 amide bonds. The number of hydrogen-bond donors (Lipinski definition) is 6. The van der Waals surface area contributed by atoms with E-state index in [4.69, 9.17) is 9.57 Å². The van der Waals surface area contributed by atoms with Crippen LogP contribution < -0.4 is 25.0 Å². The maximum atomic E-state index is 14.5. The van der Waals surface area contributed by atoms with Crippen molar-refractivity contribution in [3.8, 4) is 16.9 Å². The van der Waals surface area contributed by atoms with Gasteiger partial charge in [-0.25, -0.2) is 13.1 Å². The van der Waals surface area contributed by atoms with Gasteiger partial charge in [-0.2, -0.15) is 5.06 Å². The van der Waals surface area contributed by atoms with Crippen LogP contribution in [0.25, 0.3) is 11.1 Å². The molecule has 64 heavy (non-hydrogen) atoms. The molecule has 2 fully saturated rings. The van der Waals surface area contributed by atoms with Crippen LogP contribution in [0.15, 0.2) is 66.7 Å². The van der Waals surface area contributed by atoms with Crippen molar-refractivity contribution in [2.75, 3.05) is 65.7 Å². The number of amides is 2. The number of likely N-dealkylation sites (N-methyl/N-ethyl adjacent to an activating group) is 2. The van der Waals surface area contributed by atoms with Gasteiger partial charge in [0.1, 0.15) is 17.9 Å². The van der Waals surface area contributed by atoms with Crippen LogP contribution in [-0.2, 0) is 26.2 Å². The summed E-state index contributed by atoms with van der Waals surface area (Å²) in [4.78, 5) is 39.0. The first kappa shape index (κ1) is 50.9. The molecule has 15 nitrogen and oxygen atoms in total. The third kappa shape index (κ3) is 11.8. The van der Waals surface area contributed by atoms with E-state index in [1.807, 2.05) is 85.5 Å². The van der Waals surface area contributed by atoms with E-state index in [0.717, 1.165) is 12.7 Å². The van der Waals surface area contributed by atoms with Gasteiger partial charge in [-0.3, -0.25) is 14.4 Å². The summed E-state index contributed by atoms with van der Waals surface area (Å²) < 4.78 is 34.2. The molecule has 0 bridgehead atoms. The second-order valence-corrected chi connectivity index (χ2v) is 20.7. The number of methoxy groups -OCH3 is 1. The fourth-order valence-electron chi connectivity index (χ4n) is 9.60. The fourth-order valence-corrected chi connectivity index (χ4v) is 10.4. The van der Waals surface area contributed by atoms with Gasteiger partial charge >= 0.3 is 0 Å². The molecule has 3 aromatic carbocycles. The quantitative estimate of drug-likeness (QED) is 0.101. The largest absolute Gasteiger partial charge is 0.496 e. The van der Waals surface area contributed by atoms with E-state index in [-0.39, 0.29) is 48.5 Å². The number of carbonyl (C=O) groups excluding carboxylic acids is 2. The lowest BCUT2D eigenvalue weighted by Gasteiger charge is -2.50. The van der Waals surface area contributed by atoms with Crippen LogP contribution in [0.4, 0.5) is 5.69 Å². The highest BCUT2D eigenvalue weighted by atomic mass is 32.2. The molecule has 16 heteroatoms. The Morgan fingerprint density at radius 1 is 1.02 bits per heavy atom. The van der Waals surface area contributed by atoms with Crippen LogP contribution in [0.2, 0.25) is 0 Å². The minimum atomic E-state index is -3.70. The number of anilines is 1. The standard InChI is InChI=1S/C48H72N6O9S/c1-29-22-39(30(2)31(3)48(29,5)6)49-47(59)44-42(32(4)57)41(28-56)63-54(44)26-34-18-15-19-38(45(34)62-10)35-23-36(25-37(24-35)53(9)20-21-55)46(58)50-40(27-52(7)8)43(51-64(11,60)61)33-16-13-12-14-17-33/h12-19,23-25,29-32,39-44,51,55-57H,20-22,26-28H2,1-11H3,(H,49,59)(H,50,58)/t29-,30+,31+,32+,39+,40-,41+,42-,43+,44+/m1/s1. The first-order valence-corrected chi connectivity index (χ1v) is 24.1. The van der Waals surface area contributed by atoms with Crippen LogP contribution in [0, 0.1) is 29.1 Å². The molecule has 3 aromatic rings. The number of nitrogens with one attached hydrogen (secondary N) is 3. The Labute approximate surface area is 380 Å². The summed E-state index contributed by atoms with van der Waals surface area (Å²) in [5.74, 6) is -0.0891. The van der Waals surface area contributed by atoms with E-state index in [1.54, 1.807) is 31.2 Å². The number of hydroxylamine groups is 2. The average molecular weight is 909 g/mol. The SMILES string of the molecule is COc1c(CN2O[C@@H](CO)[C@@H]([C@H](C)O)[C@H]2C(=O)N[C@H]2C[C@@H](C)C(C)(C)[C@@H](C)[C@@H]2C)cccc1-c1cc(C(=O)N[C@H](CN(C)C)[C@@H](NS(C)(=O)=O)c2ccccc2)cc(N(C)CCO)c1. The summed E-state index contributed by atoms with van der Waals surface area (Å²) in [5.41, 5.74) is 3.61. The van der Waals surface area contributed by atoms with Crippen LogP contribution in [0.3, 0.4) is 0 Å². The molecule has 1 saturated carbocycles. The Kier molecular flexibility index (Phi) is 17.0. The normalized spacial score (nSPS) is 25.1. The van der Waals surface area contributed by atoms with Crippen molar-refractivity contribution in [2.45, 2.75) is 90.9 Å². The van der Waals surface area contributed by atoms with Gasteiger partial charge in [0.2, 0.25) is 15.9 Å². The van der Waals surface area contributed by atoms with E-state index in [1.165, 1.54) is 0 Å². The maximum Gasteiger partial charge on any atom is 0.251 e. The van der Waals surface area contributed by atoms with Crippen LogP contribution in [-0.4, -0.2) is 137 Å². The van der Waals surface area contributed by atoms with Gasteiger partial charge in [-0.05, 0) is 79.9 Å². The maximum absolute atomic E-state index is 14.5. The number of nitrogens with zero attached hydrogens (tertiary/aromatic N) is 3. The van der Waals surface area contributed by atoms with Gasteiger partial charge in [0.05, 0.1) is 51.3 Å². The number of carbonyl (C=O) groups is 2. The second kappa shape index (κ2) is 21.5. The Morgan fingerprint density at radius 2 is 1.70 bits per heavy atom. The van der Waals surface area contributed by atoms with Crippen LogP contribution in [0.5, 0.6) is 5.75 Å². The summed E-state index contributed by atoms with van der Waals surface area (Å²) in [6.45, 7) is 12.9. The second-order valence-electron chi connectivity index (χ2n) is 18.9. The Hall–Kier alpha value is -4.13. The third-order valence-corrected chi connectivity index (χ3v) is 14.6. The molecule has 0 unspecified atom stereocenters. The van der Waals surface area contributed by atoms with Gasteiger partial charge in [0.25, 0.3) is 5.91 Å². The molecule has 0 spiro atoms. The Morgan fingerprint density at radius 3 is 2.30 bits per heavy atom.